The van der Waals surface area contributed by atoms with E-state index in [9.17, 15) is 54.9 Å². The minimum atomic E-state index is -2.16. The Labute approximate surface area is 363 Å². The van der Waals surface area contributed by atoms with Gasteiger partial charge in [-0.1, -0.05) is 54.8 Å². The molecular weight excluding hydrogens is 817 g/mol. The monoisotopic (exact) mass is 870 g/mol. The maximum atomic E-state index is 13.5. The van der Waals surface area contributed by atoms with Crippen LogP contribution >= 0.6 is 0 Å². The fourth-order valence-corrected chi connectivity index (χ4v) is 8.10. The van der Waals surface area contributed by atoms with Crippen LogP contribution in [0.4, 0.5) is 0 Å². The van der Waals surface area contributed by atoms with Gasteiger partial charge >= 0.3 is 5.97 Å². The van der Waals surface area contributed by atoms with Crippen LogP contribution in [0.2, 0.25) is 0 Å². The Hall–Kier alpha value is -6.34. The molecule has 1 saturated heterocycles. The lowest BCUT2D eigenvalue weighted by Crippen LogP contribution is -2.67. The molecule has 1 aliphatic heterocycles. The largest absolute Gasteiger partial charge is 0.507 e. The van der Waals surface area contributed by atoms with E-state index in [4.69, 9.17) is 4.74 Å². The minimum absolute atomic E-state index is 0.0261. The van der Waals surface area contributed by atoms with Crippen molar-refractivity contribution in [2.75, 3.05) is 6.54 Å². The summed E-state index contributed by atoms with van der Waals surface area (Å²) in [5.41, 5.74) is 1.12. The first-order valence-electron chi connectivity index (χ1n) is 20.8. The third-order valence-electron chi connectivity index (χ3n) is 11.6. The van der Waals surface area contributed by atoms with Gasteiger partial charge in [0.05, 0.1) is 23.9 Å². The standard InChI is InChI=1S/C45H54N6O12/c1-25-16-31(17-26(2)39(25)57)43(60)47-22-36(55)40(58)41-38(48-37(56)24-51-23-32(49-50-51)29-11-4-3-5-12-29)35(54)20-45(63-41,44(61)62)15-7-10-27-8-6-9-28(18-27)21-46-42(59)30-13-14-33(52)34(53)19-30/h6-10,13-14,16-19,23,29,35-36,38,40-41,52-55,57-58H,3-5,11-12,15,20-22,24H2,1-2H3,(H,46,59)(H,47,60)(H,48,56)(H,61,62)/b10-7+/t35-,36?,38?,40+,41+,45?/m0/s1. The van der Waals surface area contributed by atoms with Crippen LogP contribution in [0.1, 0.15) is 99.5 Å². The van der Waals surface area contributed by atoms with Crippen LogP contribution in [0.3, 0.4) is 0 Å². The van der Waals surface area contributed by atoms with E-state index >= 15 is 0 Å². The van der Waals surface area contributed by atoms with Crippen molar-refractivity contribution in [1.29, 1.82) is 0 Å². The molecule has 0 radical (unpaired) electrons. The Morgan fingerprint density at radius 2 is 1.63 bits per heavy atom. The highest BCUT2D eigenvalue weighted by Crippen LogP contribution is 2.36. The molecule has 10 N–H and O–H groups in total. The number of hydrogen-bond donors (Lipinski definition) is 10. The van der Waals surface area contributed by atoms with Crippen molar-refractivity contribution >= 4 is 29.8 Å². The number of carbonyl (C=O) groups is 4. The van der Waals surface area contributed by atoms with Crippen LogP contribution in [-0.2, 0) is 27.4 Å². The number of rotatable bonds is 16. The fourth-order valence-electron chi connectivity index (χ4n) is 8.10. The van der Waals surface area contributed by atoms with Gasteiger partial charge in [-0.05, 0) is 85.3 Å². The number of phenols is 3. The average Bonchev–Trinajstić information content (AvgIpc) is 3.73. The normalized spacial score (nSPS) is 21.4. The van der Waals surface area contributed by atoms with Crippen LogP contribution in [0, 0.1) is 13.8 Å². The molecule has 6 atom stereocenters. The van der Waals surface area contributed by atoms with E-state index in [0.29, 0.717) is 22.3 Å². The third-order valence-corrected chi connectivity index (χ3v) is 11.6. The molecule has 3 aromatic carbocycles. The molecule has 3 amide bonds. The predicted molar refractivity (Wildman–Crippen MR) is 227 cm³/mol. The van der Waals surface area contributed by atoms with Gasteiger partial charge in [-0.25, -0.2) is 9.48 Å². The molecule has 18 heteroatoms. The topological polar surface area (TPSA) is 286 Å². The highest BCUT2D eigenvalue weighted by Gasteiger charge is 2.54. The summed E-state index contributed by atoms with van der Waals surface area (Å²) >= 11 is 0. The zero-order chi connectivity index (χ0) is 45.4. The molecule has 1 aromatic heterocycles. The number of hydrogen-bond acceptors (Lipinski definition) is 13. The van der Waals surface area contributed by atoms with Gasteiger partial charge in [-0.15, -0.1) is 5.10 Å². The first kappa shape index (κ1) is 46.2. The van der Waals surface area contributed by atoms with Crippen molar-refractivity contribution in [1.82, 2.24) is 30.9 Å². The Morgan fingerprint density at radius 3 is 2.33 bits per heavy atom. The molecule has 2 heterocycles. The number of aromatic nitrogens is 3. The second kappa shape index (κ2) is 20.2. The van der Waals surface area contributed by atoms with Gasteiger partial charge in [-0.2, -0.15) is 0 Å². The first-order valence-corrected chi connectivity index (χ1v) is 20.8. The smallest absolute Gasteiger partial charge is 0.336 e. The zero-order valence-electron chi connectivity index (χ0n) is 35.0. The number of aliphatic hydroxyl groups is 3. The fraction of sp³-hybridized carbons (Fsp3) is 0.422. The molecule has 2 aliphatic rings. The molecule has 18 nitrogen and oxygen atoms in total. The molecule has 1 aliphatic carbocycles. The maximum absolute atomic E-state index is 13.5. The number of carboxylic acids is 1. The van der Waals surface area contributed by atoms with Crippen molar-refractivity contribution in [2.24, 2.45) is 0 Å². The number of carboxylic acid groups (broad SMARTS) is 1. The van der Waals surface area contributed by atoms with Crippen LogP contribution in [0.25, 0.3) is 6.08 Å². The van der Waals surface area contributed by atoms with Gasteiger partial charge in [0.2, 0.25) is 5.91 Å². The molecule has 0 spiro atoms. The van der Waals surface area contributed by atoms with Gasteiger partial charge in [0.25, 0.3) is 11.8 Å². The molecule has 4 aromatic rings. The zero-order valence-corrected chi connectivity index (χ0v) is 35.0. The van der Waals surface area contributed by atoms with E-state index in [1.165, 1.54) is 35.0 Å². The number of phenolic OH excluding ortho intramolecular Hbond substituents is 3. The van der Waals surface area contributed by atoms with Crippen molar-refractivity contribution in [3.05, 3.63) is 106 Å². The summed E-state index contributed by atoms with van der Waals surface area (Å²) in [6.45, 7) is 2.49. The highest BCUT2D eigenvalue weighted by atomic mass is 16.6. The van der Waals surface area contributed by atoms with Gasteiger partial charge in [0.1, 0.15) is 24.5 Å². The SMILES string of the molecule is Cc1cc(C(=O)NCC(O)[C@@H](O)[C@@H]2OC(C/C=C/c3cccc(CNC(=O)c4ccc(O)c(O)c4)c3)(C(=O)O)C[C@H](O)C2NC(=O)Cn2cc(C3CCCCC3)nn2)cc(C)c1O. The van der Waals surface area contributed by atoms with E-state index in [1.807, 2.05) is 0 Å². The molecule has 0 bridgehead atoms. The van der Waals surface area contributed by atoms with Gasteiger partial charge in [0.15, 0.2) is 17.1 Å². The Kier molecular flexibility index (Phi) is 14.8. The van der Waals surface area contributed by atoms with E-state index < -0.39 is 78.5 Å². The van der Waals surface area contributed by atoms with Gasteiger partial charge in [0, 0.05) is 49.2 Å². The lowest BCUT2D eigenvalue weighted by molar-refractivity contribution is -0.226. The van der Waals surface area contributed by atoms with Crippen LogP contribution in [0.5, 0.6) is 17.2 Å². The number of aryl methyl sites for hydroxylation is 2. The maximum Gasteiger partial charge on any atom is 0.336 e. The van der Waals surface area contributed by atoms with Crippen molar-refractivity contribution in [3.63, 3.8) is 0 Å². The summed E-state index contributed by atoms with van der Waals surface area (Å²) in [5.74, 6) is -3.80. The van der Waals surface area contributed by atoms with Crippen LogP contribution < -0.4 is 16.0 Å². The van der Waals surface area contributed by atoms with E-state index in [1.54, 1.807) is 50.4 Å². The average molecular weight is 871 g/mol. The molecule has 3 unspecified atom stereocenters. The molecule has 1 saturated carbocycles. The molecule has 2 fully saturated rings. The molecule has 6 rings (SSSR count). The van der Waals surface area contributed by atoms with Crippen molar-refractivity contribution in [3.8, 4) is 17.2 Å². The first-order chi connectivity index (χ1) is 30.0. The van der Waals surface area contributed by atoms with E-state index in [2.05, 4.69) is 26.3 Å². The number of amides is 3. The number of aliphatic hydroxyl groups excluding tert-OH is 3. The lowest BCUT2D eigenvalue weighted by atomic mass is 9.81. The summed E-state index contributed by atoms with van der Waals surface area (Å²) in [4.78, 5) is 52.2. The number of aromatic hydroxyl groups is 3. The Morgan fingerprint density at radius 1 is 0.921 bits per heavy atom. The van der Waals surface area contributed by atoms with E-state index in [0.717, 1.165) is 43.9 Å². The summed E-state index contributed by atoms with van der Waals surface area (Å²) in [5, 5.41) is 90.7. The number of nitrogens with zero attached hydrogens (tertiary/aromatic N) is 3. The van der Waals surface area contributed by atoms with Crippen molar-refractivity contribution in [2.45, 2.75) is 114 Å². The van der Waals surface area contributed by atoms with Crippen LogP contribution in [-0.4, -0.2) is 117 Å². The summed E-state index contributed by atoms with van der Waals surface area (Å²) < 4.78 is 7.52. The van der Waals surface area contributed by atoms with Gasteiger partial charge < -0.3 is 56.4 Å². The molecule has 336 valence electrons. The molecular formula is C45H54N6O12. The number of nitrogens with one attached hydrogen (secondary N) is 3. The summed E-state index contributed by atoms with van der Waals surface area (Å²) in [7, 11) is 0. The summed E-state index contributed by atoms with van der Waals surface area (Å²) in [6, 6.07) is 12.1. The summed E-state index contributed by atoms with van der Waals surface area (Å²) in [6.07, 6.45) is 2.16. The number of ether oxygens (including phenoxy) is 1. The quantitative estimate of drug-likeness (QED) is 0.0725. The number of aliphatic carboxylic acids is 1. The lowest BCUT2D eigenvalue weighted by Gasteiger charge is -2.47. The predicted octanol–water partition coefficient (Wildman–Crippen LogP) is 2.70. The van der Waals surface area contributed by atoms with Crippen molar-refractivity contribution < 1.29 is 59.7 Å². The second-order valence-electron chi connectivity index (χ2n) is 16.4. The third kappa shape index (κ3) is 11.4. The number of carbonyl (C=O) groups excluding carboxylic acids is 3. The Balaban J connectivity index is 1.17. The molecule has 63 heavy (non-hydrogen) atoms. The van der Waals surface area contributed by atoms with Gasteiger partial charge in [-0.3, -0.25) is 14.4 Å². The second-order valence-corrected chi connectivity index (χ2v) is 16.4. The minimum Gasteiger partial charge on any atom is -0.507 e. The number of benzene rings is 3. The Bertz CT molecular complexity index is 2300. The highest BCUT2D eigenvalue weighted by molar-refractivity contribution is 5.95. The van der Waals surface area contributed by atoms with E-state index in [-0.39, 0.29) is 48.1 Å². The van der Waals surface area contributed by atoms with Crippen LogP contribution in [0.15, 0.2) is 66.9 Å².